The van der Waals surface area contributed by atoms with Crippen molar-refractivity contribution in [1.29, 1.82) is 0 Å². The zero-order valence-corrected chi connectivity index (χ0v) is 7.17. The van der Waals surface area contributed by atoms with Gasteiger partial charge < -0.3 is 8.92 Å². The SMILES string of the molecule is COCS(=O)(=O)Oc1ccn[nH]1. The molecule has 0 fully saturated rings. The average Bonchev–Trinajstić information content (AvgIpc) is 2.38. The van der Waals surface area contributed by atoms with Gasteiger partial charge in [-0.1, -0.05) is 0 Å². The molecule has 0 aliphatic rings. The van der Waals surface area contributed by atoms with Gasteiger partial charge in [0.25, 0.3) is 0 Å². The normalized spacial score (nSPS) is 11.4. The molecule has 1 heterocycles. The fourth-order valence-electron chi connectivity index (χ4n) is 0.595. The number of nitrogens with zero attached hydrogens (tertiary/aromatic N) is 1. The van der Waals surface area contributed by atoms with Crippen LogP contribution in [-0.4, -0.2) is 31.7 Å². The van der Waals surface area contributed by atoms with Crippen LogP contribution in [0.4, 0.5) is 0 Å². The van der Waals surface area contributed by atoms with Crippen molar-refractivity contribution in [3.05, 3.63) is 12.3 Å². The van der Waals surface area contributed by atoms with E-state index in [1.54, 1.807) is 0 Å². The number of ether oxygens (including phenoxy) is 1. The van der Waals surface area contributed by atoms with Crippen LogP contribution in [0.25, 0.3) is 0 Å². The summed E-state index contributed by atoms with van der Waals surface area (Å²) in [5.74, 6) is -0.404. The summed E-state index contributed by atoms with van der Waals surface area (Å²) in [6, 6.07) is 1.40. The summed E-state index contributed by atoms with van der Waals surface area (Å²) in [6.07, 6.45) is 1.39. The van der Waals surface area contributed by atoms with E-state index >= 15 is 0 Å². The van der Waals surface area contributed by atoms with Gasteiger partial charge >= 0.3 is 10.1 Å². The van der Waals surface area contributed by atoms with Crippen molar-refractivity contribution in [3.8, 4) is 5.88 Å². The highest BCUT2D eigenvalue weighted by Crippen LogP contribution is 2.06. The van der Waals surface area contributed by atoms with Gasteiger partial charge in [-0.15, -0.1) is 0 Å². The van der Waals surface area contributed by atoms with Gasteiger partial charge in [-0.25, -0.2) is 5.10 Å². The summed E-state index contributed by atoms with van der Waals surface area (Å²) in [6.45, 7) is 0. The van der Waals surface area contributed by atoms with E-state index in [1.165, 1.54) is 19.4 Å². The Kier molecular flexibility index (Phi) is 2.66. The van der Waals surface area contributed by atoms with Crippen molar-refractivity contribution < 1.29 is 17.3 Å². The lowest BCUT2D eigenvalue weighted by Crippen LogP contribution is -2.15. The predicted molar refractivity (Wildman–Crippen MR) is 40.0 cm³/mol. The Morgan fingerprint density at radius 2 is 2.42 bits per heavy atom. The minimum Gasteiger partial charge on any atom is -0.365 e. The van der Waals surface area contributed by atoms with E-state index in [-0.39, 0.29) is 5.88 Å². The van der Waals surface area contributed by atoms with Crippen LogP contribution in [-0.2, 0) is 14.9 Å². The smallest absolute Gasteiger partial charge is 0.335 e. The Morgan fingerprint density at radius 1 is 1.67 bits per heavy atom. The van der Waals surface area contributed by atoms with E-state index in [1.807, 2.05) is 0 Å². The molecule has 0 aliphatic heterocycles. The molecule has 7 heteroatoms. The molecule has 0 unspecified atom stereocenters. The standard InChI is InChI=1S/C5H8N2O4S/c1-10-4-12(8,9)11-5-2-3-6-7-5/h2-3H,4H2,1H3,(H,6,7). The summed E-state index contributed by atoms with van der Waals surface area (Å²) in [4.78, 5) is 0. The molecule has 0 amide bonds. The molecule has 0 atom stereocenters. The van der Waals surface area contributed by atoms with Gasteiger partial charge in [0.05, 0.1) is 6.20 Å². The molecule has 0 bridgehead atoms. The zero-order chi connectivity index (χ0) is 9.03. The first kappa shape index (κ1) is 9.01. The highest BCUT2D eigenvalue weighted by molar-refractivity contribution is 7.86. The van der Waals surface area contributed by atoms with Crippen LogP contribution >= 0.6 is 0 Å². The number of aromatic nitrogens is 2. The first-order chi connectivity index (χ1) is 5.64. The average molecular weight is 192 g/mol. The quantitative estimate of drug-likeness (QED) is 0.663. The Labute approximate surface area is 69.6 Å². The molecular weight excluding hydrogens is 184 g/mol. The van der Waals surface area contributed by atoms with Crippen LogP contribution in [0.2, 0.25) is 0 Å². The maximum absolute atomic E-state index is 10.9. The van der Waals surface area contributed by atoms with Crippen molar-refractivity contribution in [2.24, 2.45) is 0 Å². The third-order valence-electron chi connectivity index (χ3n) is 0.954. The van der Waals surface area contributed by atoms with Gasteiger partial charge in [0.2, 0.25) is 5.88 Å². The lowest BCUT2D eigenvalue weighted by Gasteiger charge is -2.01. The summed E-state index contributed by atoms with van der Waals surface area (Å²) in [5, 5.41) is 5.86. The van der Waals surface area contributed by atoms with Gasteiger partial charge in [-0.05, 0) is 0 Å². The third-order valence-corrected chi connectivity index (χ3v) is 1.91. The van der Waals surface area contributed by atoms with Crippen molar-refractivity contribution >= 4 is 10.1 Å². The van der Waals surface area contributed by atoms with Crippen LogP contribution in [0.3, 0.4) is 0 Å². The molecule has 12 heavy (non-hydrogen) atoms. The Bertz CT molecular complexity index is 317. The molecule has 0 aromatic carbocycles. The van der Waals surface area contributed by atoms with E-state index in [4.69, 9.17) is 0 Å². The first-order valence-electron chi connectivity index (χ1n) is 3.04. The lowest BCUT2D eigenvalue weighted by molar-refractivity contribution is 0.240. The molecule has 0 spiro atoms. The molecule has 0 saturated heterocycles. The topological polar surface area (TPSA) is 81.3 Å². The van der Waals surface area contributed by atoms with Crippen molar-refractivity contribution in [1.82, 2.24) is 10.2 Å². The number of nitrogens with one attached hydrogen (secondary N) is 1. The number of hydrogen-bond donors (Lipinski definition) is 1. The summed E-state index contributed by atoms with van der Waals surface area (Å²) < 4.78 is 30.7. The maximum atomic E-state index is 10.9. The van der Waals surface area contributed by atoms with Crippen molar-refractivity contribution in [3.63, 3.8) is 0 Å². The molecule has 1 rings (SSSR count). The van der Waals surface area contributed by atoms with Crippen LogP contribution in [0.15, 0.2) is 12.3 Å². The van der Waals surface area contributed by atoms with E-state index < -0.39 is 16.1 Å². The summed E-state index contributed by atoms with van der Waals surface area (Å²) in [7, 11) is -2.38. The molecule has 0 radical (unpaired) electrons. The van der Waals surface area contributed by atoms with E-state index in [9.17, 15) is 8.42 Å². The van der Waals surface area contributed by atoms with Gasteiger partial charge in [-0.2, -0.15) is 13.5 Å². The third kappa shape index (κ3) is 2.51. The largest absolute Gasteiger partial charge is 0.365 e. The first-order valence-corrected chi connectivity index (χ1v) is 4.62. The Morgan fingerprint density at radius 3 is 2.92 bits per heavy atom. The summed E-state index contributed by atoms with van der Waals surface area (Å²) >= 11 is 0. The maximum Gasteiger partial charge on any atom is 0.335 e. The molecule has 68 valence electrons. The van der Waals surface area contributed by atoms with Gasteiger partial charge in [0.1, 0.15) is 0 Å². The monoisotopic (exact) mass is 192 g/mol. The van der Waals surface area contributed by atoms with Crippen LogP contribution in [0.5, 0.6) is 5.88 Å². The second kappa shape index (κ2) is 3.55. The molecule has 0 saturated carbocycles. The van der Waals surface area contributed by atoms with Crippen molar-refractivity contribution in [2.75, 3.05) is 13.0 Å². The molecule has 6 nitrogen and oxygen atoms in total. The van der Waals surface area contributed by atoms with Crippen molar-refractivity contribution in [2.45, 2.75) is 0 Å². The fourth-order valence-corrected chi connectivity index (χ4v) is 1.30. The van der Waals surface area contributed by atoms with Crippen LogP contribution < -0.4 is 4.18 Å². The number of aromatic amines is 1. The fraction of sp³-hybridized carbons (Fsp3) is 0.400. The van der Waals surface area contributed by atoms with E-state index in [0.29, 0.717) is 0 Å². The minimum atomic E-state index is -3.65. The molecule has 1 aromatic rings. The number of rotatable bonds is 4. The Hall–Kier alpha value is -1.08. The highest BCUT2D eigenvalue weighted by atomic mass is 32.2. The second-order valence-corrected chi connectivity index (χ2v) is 3.49. The highest BCUT2D eigenvalue weighted by Gasteiger charge is 2.12. The lowest BCUT2D eigenvalue weighted by atomic mass is 10.7. The van der Waals surface area contributed by atoms with Gasteiger partial charge in [0, 0.05) is 13.2 Å². The number of methoxy groups -OCH3 is 1. The Balaban J connectivity index is 2.63. The van der Waals surface area contributed by atoms with Crippen LogP contribution in [0, 0.1) is 0 Å². The van der Waals surface area contributed by atoms with Gasteiger partial charge in [-0.3, -0.25) is 0 Å². The summed E-state index contributed by atoms with van der Waals surface area (Å²) in [5.41, 5.74) is 0. The zero-order valence-electron chi connectivity index (χ0n) is 6.35. The minimum absolute atomic E-state index is 0.0760. The number of hydrogen-bond acceptors (Lipinski definition) is 5. The van der Waals surface area contributed by atoms with Crippen LogP contribution in [0.1, 0.15) is 0 Å². The molecule has 1 N–H and O–H groups in total. The number of H-pyrrole nitrogens is 1. The molecule has 0 aliphatic carbocycles. The van der Waals surface area contributed by atoms with E-state index in [2.05, 4.69) is 19.1 Å². The van der Waals surface area contributed by atoms with E-state index in [0.717, 1.165) is 0 Å². The predicted octanol–water partition coefficient (Wildman–Crippen LogP) is -0.278. The molecule has 1 aromatic heterocycles. The molecular formula is C5H8N2O4S. The second-order valence-electron chi connectivity index (χ2n) is 1.97. The van der Waals surface area contributed by atoms with Gasteiger partial charge in [0.15, 0.2) is 5.94 Å².